The van der Waals surface area contributed by atoms with Gasteiger partial charge < -0.3 is 14.4 Å². The van der Waals surface area contributed by atoms with Crippen LogP contribution >= 0.6 is 0 Å². The zero-order chi connectivity index (χ0) is 19.5. The minimum absolute atomic E-state index is 0.369. The molecule has 0 N–H and O–H groups in total. The van der Waals surface area contributed by atoms with Gasteiger partial charge in [-0.3, -0.25) is 4.98 Å². The maximum absolute atomic E-state index is 4.81. The number of hydrogen-bond donors (Lipinski definition) is 0. The molecular weight excluding hydrogens is 350 g/mol. The van der Waals surface area contributed by atoms with Crippen molar-refractivity contribution in [1.29, 1.82) is 0 Å². The number of rotatable bonds is 5. The molecule has 0 saturated carbocycles. The van der Waals surface area contributed by atoms with Crippen molar-refractivity contribution in [3.8, 4) is 0 Å². The highest BCUT2D eigenvalue weighted by atomic mass is 15.3. The number of imidazole rings is 1. The van der Waals surface area contributed by atoms with Crippen LogP contribution < -0.4 is 9.80 Å². The van der Waals surface area contributed by atoms with Gasteiger partial charge in [0.15, 0.2) is 0 Å². The van der Waals surface area contributed by atoms with Gasteiger partial charge in [0.2, 0.25) is 5.95 Å². The lowest BCUT2D eigenvalue weighted by molar-refractivity contribution is 0.471. The molecule has 4 heterocycles. The Balaban J connectivity index is 1.54. The molecule has 0 bridgehead atoms. The monoisotopic (exact) mass is 377 g/mol. The van der Waals surface area contributed by atoms with Crippen LogP contribution in [0.25, 0.3) is 0 Å². The smallest absolute Gasteiger partial charge is 0.227 e. The van der Waals surface area contributed by atoms with E-state index < -0.39 is 0 Å². The minimum Gasteiger partial charge on any atom is -0.362 e. The fourth-order valence-electron chi connectivity index (χ4n) is 3.90. The van der Waals surface area contributed by atoms with Crippen molar-refractivity contribution in [3.63, 3.8) is 0 Å². The molecule has 0 unspecified atom stereocenters. The summed E-state index contributed by atoms with van der Waals surface area (Å²) in [4.78, 5) is 22.7. The first-order valence-electron chi connectivity index (χ1n) is 9.77. The Bertz CT molecular complexity index is 920. The number of pyridine rings is 1. The number of aryl methyl sites for hydroxylation is 1. The third-order valence-corrected chi connectivity index (χ3v) is 5.25. The van der Waals surface area contributed by atoms with Gasteiger partial charge in [0, 0.05) is 69.7 Å². The molecule has 0 spiro atoms. The van der Waals surface area contributed by atoms with E-state index in [2.05, 4.69) is 31.7 Å². The molecule has 7 nitrogen and oxygen atoms in total. The van der Waals surface area contributed by atoms with Crippen LogP contribution in [0.4, 0.5) is 11.8 Å². The Labute approximate surface area is 166 Å². The molecular formula is C21H27N7. The van der Waals surface area contributed by atoms with Crippen molar-refractivity contribution < 1.29 is 0 Å². The van der Waals surface area contributed by atoms with Crippen LogP contribution in [-0.2, 0) is 6.54 Å². The Morgan fingerprint density at radius 3 is 2.86 bits per heavy atom. The second-order valence-electron chi connectivity index (χ2n) is 7.63. The average Bonchev–Trinajstić information content (AvgIpc) is 3.17. The predicted molar refractivity (Wildman–Crippen MR) is 111 cm³/mol. The molecule has 3 aromatic heterocycles. The van der Waals surface area contributed by atoms with Crippen LogP contribution in [0.5, 0.6) is 0 Å². The lowest BCUT2D eigenvalue weighted by Gasteiger charge is -2.33. The predicted octanol–water partition coefficient (Wildman–Crippen LogP) is 2.87. The standard InChI is InChI=1S/C21H27N7/c1-16-12-24-21(25-19(16)26(2)3)28-10-5-7-18(15-28)20-23-9-11-27(20)14-17-6-4-8-22-13-17/h4,6,8-9,11-13,18H,5,7,10,14-15H2,1-3H3/t18-/m1/s1. The van der Waals surface area contributed by atoms with Gasteiger partial charge in [-0.2, -0.15) is 4.98 Å². The van der Waals surface area contributed by atoms with E-state index in [1.54, 1.807) is 6.20 Å². The van der Waals surface area contributed by atoms with Crippen molar-refractivity contribution >= 4 is 11.8 Å². The Hall–Kier alpha value is -2.96. The van der Waals surface area contributed by atoms with Crippen LogP contribution in [-0.4, -0.2) is 51.7 Å². The first-order valence-corrected chi connectivity index (χ1v) is 9.77. The second kappa shape index (κ2) is 7.96. The molecule has 7 heteroatoms. The van der Waals surface area contributed by atoms with Gasteiger partial charge in [0.05, 0.1) is 6.54 Å². The molecule has 0 aliphatic carbocycles. The van der Waals surface area contributed by atoms with Gasteiger partial charge in [-0.15, -0.1) is 0 Å². The number of anilines is 2. The zero-order valence-electron chi connectivity index (χ0n) is 16.8. The summed E-state index contributed by atoms with van der Waals surface area (Å²) in [6, 6.07) is 4.08. The summed E-state index contributed by atoms with van der Waals surface area (Å²) in [5.41, 5.74) is 2.28. The quantitative estimate of drug-likeness (QED) is 0.681. The summed E-state index contributed by atoms with van der Waals surface area (Å²) in [5.74, 6) is 3.29. The largest absolute Gasteiger partial charge is 0.362 e. The molecule has 1 atom stereocenters. The first kappa shape index (κ1) is 18.4. The van der Waals surface area contributed by atoms with E-state index >= 15 is 0 Å². The second-order valence-corrected chi connectivity index (χ2v) is 7.63. The van der Waals surface area contributed by atoms with E-state index in [-0.39, 0.29) is 0 Å². The van der Waals surface area contributed by atoms with E-state index in [9.17, 15) is 0 Å². The summed E-state index contributed by atoms with van der Waals surface area (Å²) < 4.78 is 2.24. The van der Waals surface area contributed by atoms with Crippen LogP contribution in [0, 0.1) is 6.92 Å². The van der Waals surface area contributed by atoms with Crippen LogP contribution in [0.15, 0.2) is 43.1 Å². The van der Waals surface area contributed by atoms with Crippen molar-refractivity contribution in [3.05, 3.63) is 60.1 Å². The maximum Gasteiger partial charge on any atom is 0.227 e. The molecule has 0 radical (unpaired) electrons. The van der Waals surface area contributed by atoms with Crippen molar-refractivity contribution in [1.82, 2.24) is 24.5 Å². The Morgan fingerprint density at radius 2 is 2.07 bits per heavy atom. The Morgan fingerprint density at radius 1 is 1.18 bits per heavy atom. The molecule has 0 aromatic carbocycles. The number of nitrogens with zero attached hydrogens (tertiary/aromatic N) is 7. The molecule has 1 saturated heterocycles. The fourth-order valence-corrected chi connectivity index (χ4v) is 3.90. The third-order valence-electron chi connectivity index (χ3n) is 5.25. The first-order chi connectivity index (χ1) is 13.6. The fraction of sp³-hybridized carbons (Fsp3) is 0.429. The van der Waals surface area contributed by atoms with Crippen LogP contribution in [0.3, 0.4) is 0 Å². The highest BCUT2D eigenvalue weighted by Crippen LogP contribution is 2.29. The number of piperidine rings is 1. The van der Waals surface area contributed by atoms with E-state index in [0.717, 1.165) is 55.6 Å². The van der Waals surface area contributed by atoms with Gasteiger partial charge in [-0.1, -0.05) is 6.07 Å². The topological polar surface area (TPSA) is 63.0 Å². The molecule has 28 heavy (non-hydrogen) atoms. The molecule has 146 valence electrons. The van der Waals surface area contributed by atoms with E-state index in [0.29, 0.717) is 5.92 Å². The van der Waals surface area contributed by atoms with Crippen molar-refractivity contribution in [2.75, 3.05) is 37.0 Å². The molecule has 0 amide bonds. The summed E-state index contributed by atoms with van der Waals surface area (Å²) in [6.45, 7) is 4.72. The van der Waals surface area contributed by atoms with Gasteiger partial charge in [-0.25, -0.2) is 9.97 Å². The third kappa shape index (κ3) is 3.83. The molecule has 1 fully saturated rings. The number of hydrogen-bond acceptors (Lipinski definition) is 6. The van der Waals surface area contributed by atoms with Crippen LogP contribution in [0.2, 0.25) is 0 Å². The maximum atomic E-state index is 4.81. The summed E-state index contributed by atoms with van der Waals surface area (Å²) in [6.07, 6.45) is 11.8. The SMILES string of the molecule is Cc1cnc(N2CCC[C@@H](c3nccn3Cc3cccnc3)C2)nc1N(C)C. The average molecular weight is 377 g/mol. The van der Waals surface area contributed by atoms with Crippen molar-refractivity contribution in [2.45, 2.75) is 32.2 Å². The van der Waals surface area contributed by atoms with Gasteiger partial charge in [0.25, 0.3) is 0 Å². The van der Waals surface area contributed by atoms with Gasteiger partial charge >= 0.3 is 0 Å². The molecule has 1 aliphatic rings. The van der Waals surface area contributed by atoms with Gasteiger partial charge in [0.1, 0.15) is 11.6 Å². The summed E-state index contributed by atoms with van der Waals surface area (Å²) in [5, 5.41) is 0. The lowest BCUT2D eigenvalue weighted by atomic mass is 9.97. The molecule has 4 rings (SSSR count). The molecule has 3 aromatic rings. The molecule has 1 aliphatic heterocycles. The lowest BCUT2D eigenvalue weighted by Crippen LogP contribution is -2.36. The number of aromatic nitrogens is 5. The zero-order valence-corrected chi connectivity index (χ0v) is 16.8. The highest BCUT2D eigenvalue weighted by Gasteiger charge is 2.26. The van der Waals surface area contributed by atoms with Crippen LogP contribution in [0.1, 0.15) is 35.7 Å². The van der Waals surface area contributed by atoms with E-state index in [4.69, 9.17) is 9.97 Å². The van der Waals surface area contributed by atoms with Crippen molar-refractivity contribution in [2.24, 2.45) is 0 Å². The van der Waals surface area contributed by atoms with Gasteiger partial charge in [-0.05, 0) is 31.4 Å². The van der Waals surface area contributed by atoms with E-state index in [1.807, 2.05) is 50.6 Å². The highest BCUT2D eigenvalue weighted by molar-refractivity contribution is 5.48. The normalized spacial score (nSPS) is 17.0. The minimum atomic E-state index is 0.369. The van der Waals surface area contributed by atoms with E-state index in [1.165, 1.54) is 5.56 Å². The Kier molecular flexibility index (Phi) is 5.23. The summed E-state index contributed by atoms with van der Waals surface area (Å²) >= 11 is 0. The summed E-state index contributed by atoms with van der Waals surface area (Å²) in [7, 11) is 4.04.